The van der Waals surface area contributed by atoms with Crippen LogP contribution in [0.2, 0.25) is 0 Å². The van der Waals surface area contributed by atoms with Gasteiger partial charge in [-0.3, -0.25) is 0 Å². The van der Waals surface area contributed by atoms with Crippen molar-refractivity contribution in [3.05, 3.63) is 52.8 Å². The fourth-order valence-electron chi connectivity index (χ4n) is 5.08. The molecule has 0 saturated carbocycles. The van der Waals surface area contributed by atoms with Crippen molar-refractivity contribution < 1.29 is 9.50 Å². The number of benzene rings is 2. The molecule has 5 rings (SSSR count). The van der Waals surface area contributed by atoms with Crippen LogP contribution in [0, 0.1) is 5.82 Å². The van der Waals surface area contributed by atoms with Gasteiger partial charge in [0, 0.05) is 42.2 Å². The lowest BCUT2D eigenvalue weighted by Gasteiger charge is -2.33. The molecule has 2 N–H and O–H groups in total. The molecule has 3 aliphatic rings. The minimum Gasteiger partial charge on any atom is -0.389 e. The Hall–Kier alpha value is -1.56. The van der Waals surface area contributed by atoms with Crippen LogP contribution in [0.5, 0.6) is 0 Å². The molecule has 3 atom stereocenters. The Kier molecular flexibility index (Phi) is 4.42. The number of hydrogen-bond donors (Lipinski definition) is 2. The van der Waals surface area contributed by atoms with Gasteiger partial charge in [-0.05, 0) is 72.0 Å². The number of aliphatic hydroxyl groups is 1. The predicted octanol–water partition coefficient (Wildman–Crippen LogP) is 4.06. The van der Waals surface area contributed by atoms with Crippen molar-refractivity contribution in [2.45, 2.75) is 37.2 Å². The molecule has 142 valence electrons. The molecule has 0 spiro atoms. The summed E-state index contributed by atoms with van der Waals surface area (Å²) in [5.41, 5.74) is 6.98. The first kappa shape index (κ1) is 17.5. The molecule has 0 radical (unpaired) electrons. The molecule has 0 aliphatic carbocycles. The summed E-state index contributed by atoms with van der Waals surface area (Å²) in [6.45, 7) is 4.95. The summed E-state index contributed by atoms with van der Waals surface area (Å²) >= 11 is 1.99. The van der Waals surface area contributed by atoms with Crippen LogP contribution >= 0.6 is 11.8 Å². The zero-order valence-electron chi connectivity index (χ0n) is 15.5. The van der Waals surface area contributed by atoms with Crippen LogP contribution in [0.4, 0.5) is 10.1 Å². The van der Waals surface area contributed by atoms with Gasteiger partial charge in [0.05, 0.1) is 6.10 Å². The second kappa shape index (κ2) is 6.80. The molecule has 0 aromatic heterocycles. The highest BCUT2D eigenvalue weighted by molar-refractivity contribution is 7.98. The van der Waals surface area contributed by atoms with Gasteiger partial charge in [0.15, 0.2) is 0 Å². The lowest BCUT2D eigenvalue weighted by Crippen LogP contribution is -2.44. The van der Waals surface area contributed by atoms with E-state index in [0.29, 0.717) is 17.5 Å². The highest BCUT2D eigenvalue weighted by Gasteiger charge is 2.41. The van der Waals surface area contributed by atoms with Gasteiger partial charge in [-0.1, -0.05) is 6.07 Å². The summed E-state index contributed by atoms with van der Waals surface area (Å²) in [6.07, 6.45) is 0.493. The number of aliphatic hydroxyl groups excluding tert-OH is 1. The second-order valence-electron chi connectivity index (χ2n) is 7.89. The molecule has 2 aromatic carbocycles. The normalized spacial score (nSPS) is 24.9. The Balaban J connectivity index is 1.69. The number of anilines is 1. The van der Waals surface area contributed by atoms with Crippen LogP contribution in [0.25, 0.3) is 11.1 Å². The molecule has 0 bridgehead atoms. The van der Waals surface area contributed by atoms with E-state index in [1.165, 1.54) is 35.4 Å². The maximum Gasteiger partial charge on any atom is 0.123 e. The first-order valence-corrected chi connectivity index (χ1v) is 11.0. The van der Waals surface area contributed by atoms with E-state index < -0.39 is 6.10 Å². The molecule has 1 unspecified atom stereocenters. The van der Waals surface area contributed by atoms with E-state index in [0.717, 1.165) is 42.3 Å². The van der Waals surface area contributed by atoms with Gasteiger partial charge >= 0.3 is 0 Å². The Morgan fingerprint density at radius 1 is 1.30 bits per heavy atom. The Labute approximate surface area is 164 Å². The molecule has 2 aromatic rings. The predicted molar refractivity (Wildman–Crippen MR) is 110 cm³/mol. The van der Waals surface area contributed by atoms with Gasteiger partial charge in [0.1, 0.15) is 5.82 Å². The Bertz CT molecular complexity index is 885. The quantitative estimate of drug-likeness (QED) is 0.819. The van der Waals surface area contributed by atoms with Crippen molar-refractivity contribution in [3.8, 4) is 11.1 Å². The van der Waals surface area contributed by atoms with Crippen molar-refractivity contribution in [2.24, 2.45) is 0 Å². The third-order valence-corrected chi connectivity index (χ3v) is 7.25. The standard InChI is InChI=1S/C22H25FN2OS/c1-13(26)18-10-16(23)2-3-17(18)14-8-15-12-27-7-6-25-21-4-5-24-11-20(21)19(9-14)22(15)25/h2-3,8-10,13,20-21,24,26H,4-7,11-12H2,1H3/t13?,20-,21-/m0/s1. The largest absolute Gasteiger partial charge is 0.389 e. The number of piperidine rings is 1. The fraction of sp³-hybridized carbons (Fsp3) is 0.455. The minimum absolute atomic E-state index is 0.299. The third kappa shape index (κ3) is 2.87. The Morgan fingerprint density at radius 2 is 2.19 bits per heavy atom. The first-order valence-electron chi connectivity index (χ1n) is 9.83. The lowest BCUT2D eigenvalue weighted by molar-refractivity contribution is 0.199. The van der Waals surface area contributed by atoms with Crippen molar-refractivity contribution in [1.82, 2.24) is 5.32 Å². The summed E-state index contributed by atoms with van der Waals surface area (Å²) in [7, 11) is 0. The van der Waals surface area contributed by atoms with Gasteiger partial charge < -0.3 is 15.3 Å². The average molecular weight is 385 g/mol. The topological polar surface area (TPSA) is 35.5 Å². The van der Waals surface area contributed by atoms with Gasteiger partial charge in [-0.15, -0.1) is 0 Å². The van der Waals surface area contributed by atoms with Crippen LogP contribution in [0.1, 0.15) is 42.1 Å². The van der Waals surface area contributed by atoms with Crippen LogP contribution in [0.3, 0.4) is 0 Å². The van der Waals surface area contributed by atoms with Crippen LogP contribution < -0.4 is 10.2 Å². The van der Waals surface area contributed by atoms with Crippen molar-refractivity contribution in [3.63, 3.8) is 0 Å². The molecule has 27 heavy (non-hydrogen) atoms. The van der Waals surface area contributed by atoms with Crippen LogP contribution in [-0.2, 0) is 5.75 Å². The summed E-state index contributed by atoms with van der Waals surface area (Å²) in [4.78, 5) is 2.65. The fourth-order valence-corrected chi connectivity index (χ4v) is 5.99. The van der Waals surface area contributed by atoms with Crippen LogP contribution in [-0.4, -0.2) is 36.5 Å². The second-order valence-corrected chi connectivity index (χ2v) is 9.00. The van der Waals surface area contributed by atoms with E-state index in [1.807, 2.05) is 17.8 Å². The molecule has 5 heteroatoms. The summed E-state index contributed by atoms with van der Waals surface area (Å²) < 4.78 is 13.8. The molecule has 0 amide bonds. The maximum atomic E-state index is 13.8. The number of fused-ring (bicyclic) bond motifs is 3. The number of hydrogen-bond acceptors (Lipinski definition) is 4. The number of halogens is 1. The minimum atomic E-state index is -0.696. The van der Waals surface area contributed by atoms with Crippen molar-refractivity contribution >= 4 is 17.4 Å². The van der Waals surface area contributed by atoms with Crippen molar-refractivity contribution in [1.29, 1.82) is 0 Å². The highest BCUT2D eigenvalue weighted by Crippen LogP contribution is 2.49. The lowest BCUT2D eigenvalue weighted by atomic mass is 9.87. The van der Waals surface area contributed by atoms with E-state index in [-0.39, 0.29) is 5.82 Å². The molecular formula is C22H25FN2OS. The number of thioether (sulfide) groups is 1. The SMILES string of the molecule is CC(O)c1cc(F)ccc1-c1cc2c3c(c1)[C@@H]1CNCC[C@@H]1N3CCSC2. The molecule has 1 saturated heterocycles. The summed E-state index contributed by atoms with van der Waals surface area (Å²) in [5, 5.41) is 13.8. The molecule has 3 heterocycles. The molecule has 1 fully saturated rings. The van der Waals surface area contributed by atoms with Gasteiger partial charge in [-0.25, -0.2) is 4.39 Å². The van der Waals surface area contributed by atoms with Crippen molar-refractivity contribution in [2.75, 3.05) is 30.3 Å². The Morgan fingerprint density at radius 3 is 3.04 bits per heavy atom. The highest BCUT2D eigenvalue weighted by atomic mass is 32.2. The van der Waals surface area contributed by atoms with E-state index in [9.17, 15) is 9.50 Å². The molecule has 3 nitrogen and oxygen atoms in total. The third-order valence-electron chi connectivity index (χ3n) is 6.26. The number of nitrogens with zero attached hydrogens (tertiary/aromatic N) is 1. The van der Waals surface area contributed by atoms with E-state index in [2.05, 4.69) is 22.3 Å². The molecular weight excluding hydrogens is 359 g/mol. The van der Waals surface area contributed by atoms with E-state index in [1.54, 1.807) is 6.92 Å². The van der Waals surface area contributed by atoms with Gasteiger partial charge in [-0.2, -0.15) is 11.8 Å². The zero-order valence-corrected chi connectivity index (χ0v) is 16.4. The number of rotatable bonds is 2. The molecule has 3 aliphatic heterocycles. The summed E-state index contributed by atoms with van der Waals surface area (Å²) in [6, 6.07) is 9.96. The smallest absolute Gasteiger partial charge is 0.123 e. The summed E-state index contributed by atoms with van der Waals surface area (Å²) in [5.74, 6) is 2.40. The zero-order chi connectivity index (χ0) is 18.5. The average Bonchev–Trinajstić information content (AvgIpc) is 2.83. The van der Waals surface area contributed by atoms with Gasteiger partial charge in [0.25, 0.3) is 0 Å². The van der Waals surface area contributed by atoms with Crippen LogP contribution in [0.15, 0.2) is 30.3 Å². The maximum absolute atomic E-state index is 13.8. The van der Waals surface area contributed by atoms with E-state index in [4.69, 9.17) is 0 Å². The van der Waals surface area contributed by atoms with E-state index >= 15 is 0 Å². The number of nitrogens with one attached hydrogen (secondary N) is 1. The van der Waals surface area contributed by atoms with Gasteiger partial charge in [0.2, 0.25) is 0 Å². The first-order chi connectivity index (χ1) is 13.1. The monoisotopic (exact) mass is 384 g/mol.